The van der Waals surface area contributed by atoms with Crippen LogP contribution in [0.1, 0.15) is 44.2 Å². The number of para-hydroxylation sites is 1. The Hall–Kier alpha value is -2.29. The molecule has 0 radical (unpaired) electrons. The van der Waals surface area contributed by atoms with Gasteiger partial charge in [0.1, 0.15) is 5.75 Å². The van der Waals surface area contributed by atoms with Crippen LogP contribution in [-0.2, 0) is 4.79 Å². The quantitative estimate of drug-likeness (QED) is 0.822. The number of rotatable bonds is 6. The number of carbonyl (C=O) groups excluding carboxylic acids is 1. The van der Waals surface area contributed by atoms with Crippen molar-refractivity contribution in [3.05, 3.63) is 59.7 Å². The van der Waals surface area contributed by atoms with E-state index in [1.165, 1.54) is 0 Å². The SMILES string of the molecule is CCC(C)c1ccccc1OC(C)C(=O)Nc1ccc(C)cc1. The number of aryl methyl sites for hydroxylation is 1. The zero-order chi connectivity index (χ0) is 16.8. The van der Waals surface area contributed by atoms with Crippen molar-refractivity contribution in [1.82, 2.24) is 0 Å². The van der Waals surface area contributed by atoms with Gasteiger partial charge in [0.05, 0.1) is 0 Å². The van der Waals surface area contributed by atoms with Crippen LogP contribution in [-0.4, -0.2) is 12.0 Å². The van der Waals surface area contributed by atoms with Gasteiger partial charge in [-0.3, -0.25) is 4.79 Å². The summed E-state index contributed by atoms with van der Waals surface area (Å²) in [6, 6.07) is 15.7. The maximum atomic E-state index is 12.3. The smallest absolute Gasteiger partial charge is 0.265 e. The van der Waals surface area contributed by atoms with Gasteiger partial charge in [0.15, 0.2) is 6.10 Å². The molecule has 0 saturated carbocycles. The van der Waals surface area contributed by atoms with Crippen molar-refractivity contribution in [1.29, 1.82) is 0 Å². The summed E-state index contributed by atoms with van der Waals surface area (Å²) >= 11 is 0. The molecule has 3 heteroatoms. The van der Waals surface area contributed by atoms with Gasteiger partial charge in [0.2, 0.25) is 0 Å². The molecule has 0 aliphatic rings. The molecule has 122 valence electrons. The van der Waals surface area contributed by atoms with E-state index in [0.717, 1.165) is 29.0 Å². The predicted octanol–water partition coefficient (Wildman–Crippen LogP) is 4.91. The number of hydrogen-bond acceptors (Lipinski definition) is 2. The van der Waals surface area contributed by atoms with Crippen molar-refractivity contribution in [2.75, 3.05) is 5.32 Å². The summed E-state index contributed by atoms with van der Waals surface area (Å²) in [5.41, 5.74) is 3.09. The number of amides is 1. The zero-order valence-corrected chi connectivity index (χ0v) is 14.3. The zero-order valence-electron chi connectivity index (χ0n) is 14.3. The van der Waals surface area contributed by atoms with E-state index in [1.807, 2.05) is 49.4 Å². The first-order chi connectivity index (χ1) is 11.0. The van der Waals surface area contributed by atoms with E-state index < -0.39 is 6.10 Å². The molecule has 0 aliphatic carbocycles. The Morgan fingerprint density at radius 1 is 1.09 bits per heavy atom. The Balaban J connectivity index is 2.05. The minimum atomic E-state index is -0.554. The first-order valence-electron chi connectivity index (χ1n) is 8.14. The molecule has 0 aromatic heterocycles. The topological polar surface area (TPSA) is 38.3 Å². The summed E-state index contributed by atoms with van der Waals surface area (Å²) in [7, 11) is 0. The molecule has 2 aromatic carbocycles. The van der Waals surface area contributed by atoms with Crippen LogP contribution >= 0.6 is 0 Å². The average molecular weight is 311 g/mol. The number of anilines is 1. The third kappa shape index (κ3) is 4.59. The molecule has 0 spiro atoms. The lowest BCUT2D eigenvalue weighted by Gasteiger charge is -2.19. The van der Waals surface area contributed by atoms with Crippen LogP contribution in [0, 0.1) is 6.92 Å². The van der Waals surface area contributed by atoms with Crippen molar-refractivity contribution in [3.63, 3.8) is 0 Å². The van der Waals surface area contributed by atoms with Gasteiger partial charge in [0.25, 0.3) is 5.91 Å². The number of carbonyl (C=O) groups is 1. The maximum absolute atomic E-state index is 12.3. The van der Waals surface area contributed by atoms with E-state index in [4.69, 9.17) is 4.74 Å². The van der Waals surface area contributed by atoms with Crippen molar-refractivity contribution >= 4 is 11.6 Å². The van der Waals surface area contributed by atoms with E-state index in [9.17, 15) is 4.79 Å². The molecule has 23 heavy (non-hydrogen) atoms. The molecule has 2 unspecified atom stereocenters. The Morgan fingerprint density at radius 2 is 1.74 bits per heavy atom. The Labute approximate surface area is 138 Å². The number of hydrogen-bond donors (Lipinski definition) is 1. The highest BCUT2D eigenvalue weighted by Crippen LogP contribution is 2.29. The summed E-state index contributed by atoms with van der Waals surface area (Å²) in [6.07, 6.45) is 0.478. The van der Waals surface area contributed by atoms with E-state index in [1.54, 1.807) is 6.92 Å². The van der Waals surface area contributed by atoms with Crippen molar-refractivity contribution in [2.24, 2.45) is 0 Å². The lowest BCUT2D eigenvalue weighted by Crippen LogP contribution is -2.30. The van der Waals surface area contributed by atoms with Gasteiger partial charge in [-0.25, -0.2) is 0 Å². The molecule has 2 rings (SSSR count). The highest BCUT2D eigenvalue weighted by atomic mass is 16.5. The summed E-state index contributed by atoms with van der Waals surface area (Å²) in [4.78, 5) is 12.3. The van der Waals surface area contributed by atoms with Crippen molar-refractivity contribution < 1.29 is 9.53 Å². The average Bonchev–Trinajstić information content (AvgIpc) is 2.56. The van der Waals surface area contributed by atoms with Crippen LogP contribution in [0.3, 0.4) is 0 Å². The highest BCUT2D eigenvalue weighted by molar-refractivity contribution is 5.94. The Bertz CT molecular complexity index is 649. The van der Waals surface area contributed by atoms with Gasteiger partial charge < -0.3 is 10.1 Å². The third-order valence-corrected chi connectivity index (χ3v) is 4.05. The van der Waals surface area contributed by atoms with Gasteiger partial charge in [-0.15, -0.1) is 0 Å². The molecular weight excluding hydrogens is 286 g/mol. The molecule has 0 saturated heterocycles. The second kappa shape index (κ2) is 7.82. The van der Waals surface area contributed by atoms with Crippen LogP contribution in [0.4, 0.5) is 5.69 Å². The predicted molar refractivity (Wildman–Crippen MR) is 95.0 cm³/mol. The van der Waals surface area contributed by atoms with Gasteiger partial charge >= 0.3 is 0 Å². The summed E-state index contributed by atoms with van der Waals surface area (Å²) in [5.74, 6) is 1.04. The molecular formula is C20H25NO2. The second-order valence-corrected chi connectivity index (χ2v) is 5.96. The fraction of sp³-hybridized carbons (Fsp3) is 0.350. The second-order valence-electron chi connectivity index (χ2n) is 5.96. The van der Waals surface area contributed by atoms with E-state index in [-0.39, 0.29) is 5.91 Å². The molecule has 0 fully saturated rings. The van der Waals surface area contributed by atoms with Gasteiger partial charge in [-0.2, -0.15) is 0 Å². The number of ether oxygens (including phenoxy) is 1. The first-order valence-corrected chi connectivity index (χ1v) is 8.14. The molecule has 0 bridgehead atoms. The monoisotopic (exact) mass is 311 g/mol. The standard InChI is InChI=1S/C20H25NO2/c1-5-15(3)18-8-6-7-9-19(18)23-16(4)20(22)21-17-12-10-14(2)11-13-17/h6-13,15-16H,5H2,1-4H3,(H,21,22). The normalized spacial score (nSPS) is 13.2. The summed E-state index contributed by atoms with van der Waals surface area (Å²) < 4.78 is 5.91. The lowest BCUT2D eigenvalue weighted by atomic mass is 9.98. The van der Waals surface area contributed by atoms with Gasteiger partial charge in [0, 0.05) is 5.69 Å². The molecule has 2 aromatic rings. The van der Waals surface area contributed by atoms with Crippen LogP contribution < -0.4 is 10.1 Å². The fourth-order valence-corrected chi connectivity index (χ4v) is 2.34. The number of benzene rings is 2. The minimum absolute atomic E-state index is 0.146. The molecule has 0 heterocycles. The van der Waals surface area contributed by atoms with Crippen LogP contribution in [0.2, 0.25) is 0 Å². The lowest BCUT2D eigenvalue weighted by molar-refractivity contribution is -0.122. The van der Waals surface area contributed by atoms with Crippen LogP contribution in [0.5, 0.6) is 5.75 Å². The maximum Gasteiger partial charge on any atom is 0.265 e. The van der Waals surface area contributed by atoms with E-state index >= 15 is 0 Å². The van der Waals surface area contributed by atoms with Gasteiger partial charge in [-0.1, -0.05) is 49.7 Å². The first kappa shape index (κ1) is 17.1. The van der Waals surface area contributed by atoms with Gasteiger partial charge in [-0.05, 0) is 49.9 Å². The minimum Gasteiger partial charge on any atom is -0.481 e. The van der Waals surface area contributed by atoms with Crippen LogP contribution in [0.15, 0.2) is 48.5 Å². The number of nitrogens with one attached hydrogen (secondary N) is 1. The Kier molecular flexibility index (Phi) is 5.80. The van der Waals surface area contributed by atoms with Crippen LogP contribution in [0.25, 0.3) is 0 Å². The highest BCUT2D eigenvalue weighted by Gasteiger charge is 2.18. The molecule has 1 amide bonds. The Morgan fingerprint density at radius 3 is 2.39 bits per heavy atom. The summed E-state index contributed by atoms with van der Waals surface area (Å²) in [6.45, 7) is 8.11. The molecule has 1 N–H and O–H groups in total. The molecule has 0 aliphatic heterocycles. The molecule has 3 nitrogen and oxygen atoms in total. The summed E-state index contributed by atoms with van der Waals surface area (Å²) in [5, 5.41) is 2.89. The third-order valence-electron chi connectivity index (χ3n) is 4.05. The fourth-order valence-electron chi connectivity index (χ4n) is 2.34. The van der Waals surface area contributed by atoms with Crippen molar-refractivity contribution in [2.45, 2.75) is 46.1 Å². The van der Waals surface area contributed by atoms with Crippen molar-refractivity contribution in [3.8, 4) is 5.75 Å². The van der Waals surface area contributed by atoms with E-state index in [0.29, 0.717) is 5.92 Å². The molecule has 2 atom stereocenters. The largest absolute Gasteiger partial charge is 0.481 e. The van der Waals surface area contributed by atoms with E-state index in [2.05, 4.69) is 25.2 Å².